The molecule has 27 heavy (non-hydrogen) atoms. The van der Waals surface area contributed by atoms with Gasteiger partial charge in [0, 0.05) is 32.1 Å². The van der Waals surface area contributed by atoms with Crippen molar-refractivity contribution in [3.8, 4) is 0 Å². The van der Waals surface area contributed by atoms with E-state index in [4.69, 9.17) is 5.11 Å². The van der Waals surface area contributed by atoms with Crippen molar-refractivity contribution in [1.29, 1.82) is 0 Å². The van der Waals surface area contributed by atoms with E-state index in [1.54, 1.807) is 0 Å². The number of piperidine rings is 1. The Morgan fingerprint density at radius 1 is 1.37 bits per heavy atom. The molecule has 1 aromatic rings. The van der Waals surface area contributed by atoms with Crippen LogP contribution in [0.1, 0.15) is 24.8 Å². The summed E-state index contributed by atoms with van der Waals surface area (Å²) in [6.07, 6.45) is -3.70. The van der Waals surface area contributed by atoms with Gasteiger partial charge in [0.25, 0.3) is 5.69 Å². The zero-order chi connectivity index (χ0) is 20.2. The number of halogens is 3. The first-order chi connectivity index (χ1) is 12.6. The minimum absolute atomic E-state index is 0.0285. The molecular weight excluding hydrogens is 371 g/mol. The second-order valence-electron chi connectivity index (χ2n) is 6.18. The summed E-state index contributed by atoms with van der Waals surface area (Å²) in [6.45, 7) is 0.511. The lowest BCUT2D eigenvalue weighted by Gasteiger charge is -2.30. The van der Waals surface area contributed by atoms with Crippen LogP contribution < -0.4 is 5.32 Å². The van der Waals surface area contributed by atoms with E-state index in [1.807, 2.05) is 0 Å². The molecule has 0 saturated carbocycles. The molecule has 1 aliphatic heterocycles. The molecular formula is C16H18F3N3O5. The number of hydrogen-bond donors (Lipinski definition) is 2. The first kappa shape index (κ1) is 20.5. The summed E-state index contributed by atoms with van der Waals surface area (Å²) in [5, 5.41) is 22.6. The van der Waals surface area contributed by atoms with E-state index in [9.17, 15) is 32.9 Å². The third-order valence-electron chi connectivity index (χ3n) is 4.30. The molecule has 0 aliphatic carbocycles. The van der Waals surface area contributed by atoms with E-state index < -0.39 is 34.2 Å². The first-order valence-electron chi connectivity index (χ1n) is 8.19. The summed E-state index contributed by atoms with van der Waals surface area (Å²) in [5.74, 6) is -1.90. The van der Waals surface area contributed by atoms with Crippen LogP contribution in [0.4, 0.5) is 24.5 Å². The van der Waals surface area contributed by atoms with Crippen molar-refractivity contribution < 1.29 is 32.8 Å². The average molecular weight is 389 g/mol. The number of likely N-dealkylation sites (tertiary alicyclic amines) is 1. The smallest absolute Gasteiger partial charge is 0.416 e. The topological polar surface area (TPSA) is 113 Å². The molecule has 1 heterocycles. The van der Waals surface area contributed by atoms with Crippen LogP contribution in [0.25, 0.3) is 0 Å². The number of carboxylic acids is 1. The Bertz CT molecular complexity index is 739. The van der Waals surface area contributed by atoms with Gasteiger partial charge in [0.1, 0.15) is 5.69 Å². The summed E-state index contributed by atoms with van der Waals surface area (Å²) in [5.41, 5.74) is -1.99. The van der Waals surface area contributed by atoms with Crippen molar-refractivity contribution in [2.75, 3.05) is 25.0 Å². The zero-order valence-electron chi connectivity index (χ0n) is 14.2. The van der Waals surface area contributed by atoms with Crippen molar-refractivity contribution in [2.45, 2.75) is 25.4 Å². The van der Waals surface area contributed by atoms with E-state index in [1.165, 1.54) is 4.90 Å². The van der Waals surface area contributed by atoms with Crippen LogP contribution in [0.15, 0.2) is 18.2 Å². The van der Waals surface area contributed by atoms with Gasteiger partial charge in [-0.2, -0.15) is 13.2 Å². The molecule has 0 radical (unpaired) electrons. The molecule has 0 spiro atoms. The number of carboxylic acid groups (broad SMARTS) is 1. The fraction of sp³-hybridized carbons (Fsp3) is 0.500. The highest BCUT2D eigenvalue weighted by molar-refractivity contribution is 5.78. The molecule has 1 atom stereocenters. The monoisotopic (exact) mass is 389 g/mol. The highest BCUT2D eigenvalue weighted by atomic mass is 19.4. The number of carbonyl (C=O) groups excluding carboxylic acids is 1. The van der Waals surface area contributed by atoms with Crippen LogP contribution >= 0.6 is 0 Å². The predicted molar refractivity (Wildman–Crippen MR) is 88.1 cm³/mol. The van der Waals surface area contributed by atoms with Gasteiger partial charge in [0.2, 0.25) is 5.91 Å². The molecule has 1 amide bonds. The third-order valence-corrected chi connectivity index (χ3v) is 4.30. The Morgan fingerprint density at radius 3 is 2.67 bits per heavy atom. The summed E-state index contributed by atoms with van der Waals surface area (Å²) in [6, 6.07) is 2.11. The van der Waals surface area contributed by atoms with Crippen LogP contribution in [0, 0.1) is 16.0 Å². The molecule has 0 bridgehead atoms. The summed E-state index contributed by atoms with van der Waals surface area (Å²) in [4.78, 5) is 34.7. The van der Waals surface area contributed by atoms with Crippen LogP contribution in [-0.4, -0.2) is 46.4 Å². The standard InChI is InChI=1S/C16H18F3N3O5/c17-16(18,19)11-3-4-12(13(8-11)22(26)27)20-6-5-14(23)21-7-1-2-10(9-21)15(24)25/h3-4,8,10,20H,1-2,5-7,9H2,(H,24,25). The number of amides is 1. The maximum atomic E-state index is 12.7. The predicted octanol–water partition coefficient (Wildman–Crippen LogP) is 2.74. The van der Waals surface area contributed by atoms with Crippen LogP contribution in [-0.2, 0) is 15.8 Å². The lowest BCUT2D eigenvalue weighted by Crippen LogP contribution is -2.42. The molecule has 148 valence electrons. The van der Waals surface area contributed by atoms with Crippen molar-refractivity contribution in [1.82, 2.24) is 4.90 Å². The van der Waals surface area contributed by atoms with E-state index in [-0.39, 0.29) is 31.1 Å². The highest BCUT2D eigenvalue weighted by Gasteiger charge is 2.33. The normalized spacial score (nSPS) is 17.4. The van der Waals surface area contributed by atoms with E-state index in [0.29, 0.717) is 25.5 Å². The van der Waals surface area contributed by atoms with Gasteiger partial charge in [0.05, 0.1) is 16.4 Å². The van der Waals surface area contributed by atoms with Crippen LogP contribution in [0.5, 0.6) is 0 Å². The Hall–Kier alpha value is -2.85. The summed E-state index contributed by atoms with van der Waals surface area (Å²) >= 11 is 0. The minimum atomic E-state index is -4.70. The fourth-order valence-corrected chi connectivity index (χ4v) is 2.88. The van der Waals surface area contributed by atoms with Crippen molar-refractivity contribution in [3.05, 3.63) is 33.9 Å². The lowest BCUT2D eigenvalue weighted by molar-refractivity contribution is -0.384. The van der Waals surface area contributed by atoms with E-state index in [2.05, 4.69) is 5.32 Å². The molecule has 1 fully saturated rings. The number of anilines is 1. The Labute approximate surface area is 152 Å². The van der Waals surface area contributed by atoms with Gasteiger partial charge >= 0.3 is 12.1 Å². The molecule has 11 heteroatoms. The largest absolute Gasteiger partial charge is 0.481 e. The molecule has 1 saturated heterocycles. The number of nitrogens with one attached hydrogen (secondary N) is 1. The second kappa shape index (κ2) is 8.23. The zero-order valence-corrected chi connectivity index (χ0v) is 14.2. The van der Waals surface area contributed by atoms with Gasteiger partial charge in [-0.25, -0.2) is 0 Å². The van der Waals surface area contributed by atoms with Gasteiger partial charge in [-0.1, -0.05) is 0 Å². The number of nitrogens with zero attached hydrogens (tertiary/aromatic N) is 2. The Kier molecular flexibility index (Phi) is 6.24. The molecule has 1 aliphatic rings. The van der Waals surface area contributed by atoms with Crippen LogP contribution in [0.3, 0.4) is 0 Å². The van der Waals surface area contributed by atoms with Crippen molar-refractivity contribution >= 4 is 23.3 Å². The van der Waals surface area contributed by atoms with Gasteiger partial charge in [-0.05, 0) is 25.0 Å². The average Bonchev–Trinajstić information content (AvgIpc) is 2.60. The van der Waals surface area contributed by atoms with Crippen molar-refractivity contribution in [3.63, 3.8) is 0 Å². The third kappa shape index (κ3) is 5.31. The SMILES string of the molecule is O=C(O)C1CCCN(C(=O)CCNc2ccc(C(F)(F)F)cc2[N+](=O)[O-])C1. The van der Waals surface area contributed by atoms with E-state index in [0.717, 1.165) is 12.1 Å². The molecule has 0 aromatic heterocycles. The van der Waals surface area contributed by atoms with Gasteiger partial charge in [-0.15, -0.1) is 0 Å². The maximum Gasteiger partial charge on any atom is 0.416 e. The number of benzene rings is 1. The molecule has 2 rings (SSSR count). The molecule has 1 aromatic carbocycles. The van der Waals surface area contributed by atoms with E-state index >= 15 is 0 Å². The molecule has 1 unspecified atom stereocenters. The van der Waals surface area contributed by atoms with Gasteiger partial charge in [0.15, 0.2) is 0 Å². The van der Waals surface area contributed by atoms with Crippen LogP contribution in [0.2, 0.25) is 0 Å². The Morgan fingerprint density at radius 2 is 2.07 bits per heavy atom. The number of rotatable bonds is 6. The number of carbonyl (C=O) groups is 2. The molecule has 2 N–H and O–H groups in total. The maximum absolute atomic E-state index is 12.7. The quantitative estimate of drug-likeness (QED) is 0.571. The first-order valence-corrected chi connectivity index (χ1v) is 8.19. The highest BCUT2D eigenvalue weighted by Crippen LogP contribution is 2.34. The fourth-order valence-electron chi connectivity index (χ4n) is 2.88. The van der Waals surface area contributed by atoms with Crippen molar-refractivity contribution in [2.24, 2.45) is 5.92 Å². The number of aliphatic carboxylic acids is 1. The lowest BCUT2D eigenvalue weighted by atomic mass is 9.98. The number of hydrogen-bond acceptors (Lipinski definition) is 5. The number of nitro benzene ring substituents is 1. The number of alkyl halides is 3. The molecule has 8 nitrogen and oxygen atoms in total. The van der Waals surface area contributed by atoms with Gasteiger partial charge in [-0.3, -0.25) is 19.7 Å². The minimum Gasteiger partial charge on any atom is -0.481 e. The Balaban J connectivity index is 1.97. The van der Waals surface area contributed by atoms with Gasteiger partial charge < -0.3 is 15.3 Å². The number of nitro groups is 1. The summed E-state index contributed by atoms with van der Waals surface area (Å²) < 4.78 is 38.0. The second-order valence-corrected chi connectivity index (χ2v) is 6.18. The summed E-state index contributed by atoms with van der Waals surface area (Å²) in [7, 11) is 0.